The normalized spacial score (nSPS) is 10.3. The summed E-state index contributed by atoms with van der Waals surface area (Å²) in [5.41, 5.74) is 4.12. The minimum Gasteiger partial charge on any atom is -0.258 e. The third-order valence-corrected chi connectivity index (χ3v) is 3.48. The summed E-state index contributed by atoms with van der Waals surface area (Å²) in [5, 5.41) is 11.4. The Hall–Kier alpha value is -1.68. The fraction of sp³-hybridized carbons (Fsp3) is 0.143. The molecule has 92 valence electrons. The van der Waals surface area contributed by atoms with Gasteiger partial charge in [-0.1, -0.05) is 40.2 Å². The van der Waals surface area contributed by atoms with Gasteiger partial charge in [0.05, 0.1) is 4.92 Å². The summed E-state index contributed by atoms with van der Waals surface area (Å²) in [4.78, 5) is 10.5. The van der Waals surface area contributed by atoms with Gasteiger partial charge in [-0.2, -0.15) is 0 Å². The third kappa shape index (κ3) is 2.43. The van der Waals surface area contributed by atoms with Gasteiger partial charge in [0.25, 0.3) is 5.69 Å². The number of benzene rings is 2. The van der Waals surface area contributed by atoms with E-state index in [-0.39, 0.29) is 10.6 Å². The standard InChI is InChI=1S/C14H12BrNO2/c1-10-4-2-3-5-13(10)11-6-7-14(16(17)18)12(8-11)9-15/h2-8H,9H2,1H3. The predicted molar refractivity (Wildman–Crippen MR) is 75.9 cm³/mol. The Morgan fingerprint density at radius 1 is 1.22 bits per heavy atom. The molecular weight excluding hydrogens is 294 g/mol. The zero-order chi connectivity index (χ0) is 13.1. The van der Waals surface area contributed by atoms with Crippen molar-refractivity contribution < 1.29 is 4.92 Å². The predicted octanol–water partition coefficient (Wildman–Crippen LogP) is 4.47. The molecule has 0 aromatic heterocycles. The van der Waals surface area contributed by atoms with Gasteiger partial charge in [0, 0.05) is 17.0 Å². The Bertz CT molecular complexity index is 596. The van der Waals surface area contributed by atoms with Crippen molar-refractivity contribution in [2.45, 2.75) is 12.3 Å². The van der Waals surface area contributed by atoms with Crippen molar-refractivity contribution in [1.29, 1.82) is 0 Å². The van der Waals surface area contributed by atoms with Crippen molar-refractivity contribution in [3.8, 4) is 11.1 Å². The molecule has 2 aromatic carbocycles. The molecule has 4 heteroatoms. The SMILES string of the molecule is Cc1ccccc1-c1ccc([N+](=O)[O-])c(CBr)c1. The van der Waals surface area contributed by atoms with Gasteiger partial charge in [-0.3, -0.25) is 10.1 Å². The van der Waals surface area contributed by atoms with Gasteiger partial charge in [-0.15, -0.1) is 0 Å². The fourth-order valence-corrected chi connectivity index (χ4v) is 2.38. The number of rotatable bonds is 3. The van der Waals surface area contributed by atoms with E-state index < -0.39 is 0 Å². The fourth-order valence-electron chi connectivity index (χ4n) is 1.93. The lowest BCUT2D eigenvalue weighted by atomic mass is 9.98. The minimum atomic E-state index is -0.349. The van der Waals surface area contributed by atoms with Crippen LogP contribution < -0.4 is 0 Å². The average Bonchev–Trinajstić information content (AvgIpc) is 2.38. The van der Waals surface area contributed by atoms with E-state index in [1.807, 2.05) is 37.3 Å². The van der Waals surface area contributed by atoms with E-state index >= 15 is 0 Å². The number of hydrogen-bond donors (Lipinski definition) is 0. The summed E-state index contributed by atoms with van der Waals surface area (Å²) in [6, 6.07) is 13.2. The molecule has 18 heavy (non-hydrogen) atoms. The van der Waals surface area contributed by atoms with E-state index in [4.69, 9.17) is 0 Å². The topological polar surface area (TPSA) is 43.1 Å². The minimum absolute atomic E-state index is 0.157. The highest BCUT2D eigenvalue weighted by atomic mass is 79.9. The van der Waals surface area contributed by atoms with Crippen LogP contribution in [0.4, 0.5) is 5.69 Å². The van der Waals surface area contributed by atoms with Gasteiger partial charge < -0.3 is 0 Å². The molecule has 0 aliphatic rings. The largest absolute Gasteiger partial charge is 0.273 e. The molecule has 0 saturated heterocycles. The number of aryl methyl sites for hydroxylation is 1. The third-order valence-electron chi connectivity index (χ3n) is 2.88. The lowest BCUT2D eigenvalue weighted by molar-refractivity contribution is -0.385. The second-order valence-electron chi connectivity index (χ2n) is 4.05. The van der Waals surface area contributed by atoms with Gasteiger partial charge in [0.15, 0.2) is 0 Å². The highest BCUT2D eigenvalue weighted by Gasteiger charge is 2.13. The maximum atomic E-state index is 10.9. The number of halogens is 1. The molecule has 0 bridgehead atoms. The van der Waals surface area contributed by atoms with E-state index in [1.54, 1.807) is 12.1 Å². The molecule has 2 aromatic rings. The van der Waals surface area contributed by atoms with Crippen molar-refractivity contribution in [3.63, 3.8) is 0 Å². The molecule has 3 nitrogen and oxygen atoms in total. The molecule has 0 aliphatic heterocycles. The first-order chi connectivity index (χ1) is 8.63. The Morgan fingerprint density at radius 3 is 2.56 bits per heavy atom. The Morgan fingerprint density at radius 2 is 1.94 bits per heavy atom. The van der Waals surface area contributed by atoms with Gasteiger partial charge in [0.1, 0.15) is 0 Å². The van der Waals surface area contributed by atoms with E-state index in [0.29, 0.717) is 10.9 Å². The van der Waals surface area contributed by atoms with Crippen LogP contribution in [0.2, 0.25) is 0 Å². The molecule has 0 atom stereocenters. The van der Waals surface area contributed by atoms with Gasteiger partial charge in [0.2, 0.25) is 0 Å². The number of nitro benzene ring substituents is 1. The van der Waals surface area contributed by atoms with Crippen LogP contribution in [-0.4, -0.2) is 4.92 Å². The Balaban J connectivity index is 2.55. The van der Waals surface area contributed by atoms with E-state index in [1.165, 1.54) is 0 Å². The number of hydrogen-bond acceptors (Lipinski definition) is 2. The highest BCUT2D eigenvalue weighted by molar-refractivity contribution is 9.08. The van der Waals surface area contributed by atoms with E-state index in [9.17, 15) is 10.1 Å². The summed E-state index contributed by atoms with van der Waals surface area (Å²) in [5.74, 6) is 0. The van der Waals surface area contributed by atoms with Crippen LogP contribution in [0.3, 0.4) is 0 Å². The van der Waals surface area contributed by atoms with Crippen LogP contribution >= 0.6 is 15.9 Å². The molecule has 0 aliphatic carbocycles. The van der Waals surface area contributed by atoms with Crippen LogP contribution in [0.15, 0.2) is 42.5 Å². The lowest BCUT2D eigenvalue weighted by Gasteiger charge is -2.07. The van der Waals surface area contributed by atoms with Crippen LogP contribution in [0, 0.1) is 17.0 Å². The summed E-state index contributed by atoms with van der Waals surface area (Å²) >= 11 is 3.30. The van der Waals surface area contributed by atoms with Gasteiger partial charge in [-0.05, 0) is 35.7 Å². The molecule has 0 spiro atoms. The van der Waals surface area contributed by atoms with Crippen molar-refractivity contribution in [3.05, 3.63) is 63.7 Å². The van der Waals surface area contributed by atoms with Crippen LogP contribution in [0.5, 0.6) is 0 Å². The highest BCUT2D eigenvalue weighted by Crippen LogP contribution is 2.29. The monoisotopic (exact) mass is 305 g/mol. The van der Waals surface area contributed by atoms with Crippen molar-refractivity contribution >= 4 is 21.6 Å². The van der Waals surface area contributed by atoms with E-state index in [0.717, 1.165) is 16.7 Å². The molecule has 0 amide bonds. The molecule has 0 radical (unpaired) electrons. The zero-order valence-corrected chi connectivity index (χ0v) is 11.5. The molecule has 0 fully saturated rings. The summed E-state index contributed by atoms with van der Waals surface area (Å²) in [6.45, 7) is 2.03. The van der Waals surface area contributed by atoms with Crippen LogP contribution in [-0.2, 0) is 5.33 Å². The summed E-state index contributed by atoms with van der Waals surface area (Å²) in [6.07, 6.45) is 0. The Kier molecular flexibility index (Phi) is 3.77. The maximum absolute atomic E-state index is 10.9. The number of alkyl halides is 1. The second-order valence-corrected chi connectivity index (χ2v) is 4.61. The van der Waals surface area contributed by atoms with Gasteiger partial charge in [-0.25, -0.2) is 0 Å². The molecule has 0 unspecified atom stereocenters. The second kappa shape index (κ2) is 5.31. The molecular formula is C14H12BrNO2. The van der Waals surface area contributed by atoms with Crippen LogP contribution in [0.25, 0.3) is 11.1 Å². The quantitative estimate of drug-likeness (QED) is 0.477. The maximum Gasteiger partial charge on any atom is 0.273 e. The molecule has 0 N–H and O–H groups in total. The molecule has 0 saturated carbocycles. The zero-order valence-electron chi connectivity index (χ0n) is 9.89. The van der Waals surface area contributed by atoms with Crippen LogP contribution in [0.1, 0.15) is 11.1 Å². The summed E-state index contributed by atoms with van der Waals surface area (Å²) in [7, 11) is 0. The van der Waals surface area contributed by atoms with Crippen molar-refractivity contribution in [2.75, 3.05) is 0 Å². The number of nitrogens with zero attached hydrogens (tertiary/aromatic N) is 1. The van der Waals surface area contributed by atoms with Crippen molar-refractivity contribution in [1.82, 2.24) is 0 Å². The average molecular weight is 306 g/mol. The van der Waals surface area contributed by atoms with E-state index in [2.05, 4.69) is 15.9 Å². The molecule has 0 heterocycles. The first kappa shape index (κ1) is 12.8. The van der Waals surface area contributed by atoms with Crippen molar-refractivity contribution in [2.24, 2.45) is 0 Å². The lowest BCUT2D eigenvalue weighted by Crippen LogP contribution is -1.94. The smallest absolute Gasteiger partial charge is 0.258 e. The Labute approximate surface area is 114 Å². The summed E-state index contributed by atoms with van der Waals surface area (Å²) < 4.78 is 0. The first-order valence-corrected chi connectivity index (χ1v) is 6.65. The van der Waals surface area contributed by atoms with Gasteiger partial charge >= 0.3 is 0 Å². The first-order valence-electron chi connectivity index (χ1n) is 5.52. The number of nitro groups is 1. The molecule has 2 rings (SSSR count).